The third kappa shape index (κ3) is 3.60. The summed E-state index contributed by atoms with van der Waals surface area (Å²) in [5.41, 5.74) is 7.02. The second kappa shape index (κ2) is 6.18. The predicted molar refractivity (Wildman–Crippen MR) is 55.8 cm³/mol. The van der Waals surface area contributed by atoms with E-state index < -0.39 is 0 Å². The van der Waals surface area contributed by atoms with Crippen molar-refractivity contribution in [2.45, 2.75) is 32.1 Å². The molecule has 1 heterocycles. The van der Waals surface area contributed by atoms with E-state index in [4.69, 9.17) is 5.53 Å². The molecule has 4 nitrogen and oxygen atoms in total. The van der Waals surface area contributed by atoms with Crippen molar-refractivity contribution in [3.63, 3.8) is 0 Å². The van der Waals surface area contributed by atoms with Crippen molar-refractivity contribution in [2.24, 2.45) is 17.0 Å². The van der Waals surface area contributed by atoms with Crippen molar-refractivity contribution in [3.8, 4) is 0 Å². The maximum absolute atomic E-state index is 5.61. The molecule has 1 aliphatic rings. The van der Waals surface area contributed by atoms with E-state index in [1.54, 1.807) is 0 Å². The maximum Gasteiger partial charge on any atom is 0.0149 e. The highest BCUT2D eigenvalue weighted by molar-refractivity contribution is 5.04. The minimum absolute atomic E-state index is 0.966. The van der Waals surface area contributed by atoms with Gasteiger partial charge in [0.1, 0.15) is 0 Å². The predicted octanol–water partition coefficient (Wildman–Crippen LogP) is 2.64. The summed E-state index contributed by atoms with van der Waals surface area (Å²) in [7, 11) is 0. The highest BCUT2D eigenvalue weighted by Crippen LogP contribution is 2.27. The lowest BCUT2D eigenvalue weighted by Gasteiger charge is -2.05. The molecule has 0 aliphatic heterocycles. The molecule has 0 amide bonds. The Balaban J connectivity index is 0.000000293. The highest BCUT2D eigenvalue weighted by Gasteiger charge is 2.15. The zero-order valence-corrected chi connectivity index (χ0v) is 8.37. The molecule has 0 radical (unpaired) electrons. The fourth-order valence-corrected chi connectivity index (χ4v) is 2.02. The van der Waals surface area contributed by atoms with Gasteiger partial charge in [-0.15, -0.1) is 0 Å². The Morgan fingerprint density at radius 1 is 1.50 bits per heavy atom. The van der Waals surface area contributed by atoms with Crippen molar-refractivity contribution in [1.82, 2.24) is 4.98 Å². The van der Waals surface area contributed by atoms with E-state index in [1.165, 1.54) is 37.8 Å². The van der Waals surface area contributed by atoms with Crippen molar-refractivity contribution in [2.75, 3.05) is 0 Å². The first-order valence-corrected chi connectivity index (χ1v) is 5.05. The van der Waals surface area contributed by atoms with Crippen LogP contribution in [0.25, 0.3) is 0 Å². The van der Waals surface area contributed by atoms with E-state index in [-0.39, 0.29) is 0 Å². The van der Waals surface area contributed by atoms with Crippen LogP contribution in [-0.4, -0.2) is 4.98 Å². The maximum atomic E-state index is 5.61. The molecule has 0 spiro atoms. The third-order valence-electron chi connectivity index (χ3n) is 2.65. The van der Waals surface area contributed by atoms with E-state index in [0.717, 1.165) is 5.92 Å². The molecule has 0 saturated heterocycles. The first-order chi connectivity index (χ1) is 6.86. The van der Waals surface area contributed by atoms with Crippen LogP contribution in [0.5, 0.6) is 0 Å². The van der Waals surface area contributed by atoms with Crippen LogP contribution in [0.2, 0.25) is 0 Å². The van der Waals surface area contributed by atoms with E-state index in [9.17, 15) is 0 Å². The minimum Gasteiger partial charge on any atom is -0.365 e. The molecule has 0 unspecified atom stereocenters. The van der Waals surface area contributed by atoms with Gasteiger partial charge in [-0.25, -0.2) is 0 Å². The summed E-state index contributed by atoms with van der Waals surface area (Å²) in [6.45, 7) is 0. The molecular formula is C10H18N4. The van der Waals surface area contributed by atoms with Crippen molar-refractivity contribution in [3.05, 3.63) is 24.0 Å². The quantitative estimate of drug-likeness (QED) is 0.377. The van der Waals surface area contributed by atoms with Crippen molar-refractivity contribution in [1.29, 1.82) is 5.53 Å². The lowest BCUT2D eigenvalue weighted by atomic mass is 10.0. The number of hydrogen-bond acceptors (Lipinski definition) is 2. The molecular weight excluding hydrogens is 176 g/mol. The van der Waals surface area contributed by atoms with Crippen molar-refractivity contribution < 1.29 is 0 Å². The van der Waals surface area contributed by atoms with Crippen LogP contribution >= 0.6 is 0 Å². The number of nitrogens with one attached hydrogen (secondary N) is 2. The second-order valence-electron chi connectivity index (χ2n) is 3.68. The van der Waals surface area contributed by atoms with Gasteiger partial charge >= 0.3 is 0 Å². The van der Waals surface area contributed by atoms with Crippen LogP contribution in [-0.2, 0) is 6.42 Å². The summed E-state index contributed by atoms with van der Waals surface area (Å²) in [4.78, 5) is 3.26. The Bertz CT molecular complexity index is 237. The summed E-state index contributed by atoms with van der Waals surface area (Å²) in [5.74, 6) is 5.11. The first-order valence-electron chi connectivity index (χ1n) is 5.05. The molecule has 0 atom stereocenters. The van der Waals surface area contributed by atoms with Crippen LogP contribution < -0.4 is 5.84 Å². The van der Waals surface area contributed by atoms with Crippen molar-refractivity contribution >= 4 is 0 Å². The Morgan fingerprint density at radius 2 is 2.14 bits per heavy atom. The fourth-order valence-electron chi connectivity index (χ4n) is 2.02. The number of H-pyrrole nitrogens is 1. The van der Waals surface area contributed by atoms with Gasteiger partial charge in [0.05, 0.1) is 0 Å². The molecule has 1 saturated carbocycles. The van der Waals surface area contributed by atoms with Gasteiger partial charge in [-0.2, -0.15) is 5.53 Å². The number of rotatable bonds is 2. The largest absolute Gasteiger partial charge is 0.365 e. The molecule has 78 valence electrons. The molecule has 0 bridgehead atoms. The topological polar surface area (TPSA) is 78.0 Å². The Labute approximate surface area is 84.4 Å². The average molecular weight is 194 g/mol. The smallest absolute Gasteiger partial charge is 0.0149 e. The Kier molecular flexibility index (Phi) is 4.75. The van der Waals surface area contributed by atoms with Gasteiger partial charge in [0.2, 0.25) is 0 Å². The monoisotopic (exact) mass is 194 g/mol. The van der Waals surface area contributed by atoms with E-state index in [2.05, 4.69) is 28.2 Å². The standard InChI is InChI=1S/C10H15N.H3N3/c1-2-5-9(4-1)8-10-6-3-7-11-10;1-3-2/h3,6-7,9,11H,1-2,4-5,8H2;(H3,1,2). The number of hydrogen-bond donors (Lipinski definition) is 3. The summed E-state index contributed by atoms with van der Waals surface area (Å²) in [6, 6.07) is 4.28. The van der Waals surface area contributed by atoms with Crippen LogP contribution in [0.4, 0.5) is 0 Å². The van der Waals surface area contributed by atoms with Gasteiger partial charge in [-0.3, -0.25) is 0 Å². The van der Waals surface area contributed by atoms with Crippen LogP contribution in [0, 0.1) is 11.4 Å². The normalized spacial score (nSPS) is 16.0. The molecule has 0 aromatic carbocycles. The number of aromatic amines is 1. The Morgan fingerprint density at radius 3 is 2.64 bits per heavy atom. The summed E-state index contributed by atoms with van der Waals surface area (Å²) in [6.07, 6.45) is 9.08. The molecule has 1 aromatic heterocycles. The lowest BCUT2D eigenvalue weighted by molar-refractivity contribution is 0.540. The molecule has 4 N–H and O–H groups in total. The van der Waals surface area contributed by atoms with Crippen LogP contribution in [0.3, 0.4) is 0 Å². The highest BCUT2D eigenvalue weighted by atomic mass is 15.2. The van der Waals surface area contributed by atoms with E-state index >= 15 is 0 Å². The molecule has 4 heteroatoms. The summed E-state index contributed by atoms with van der Waals surface area (Å²) >= 11 is 0. The Hall–Kier alpha value is -1.32. The number of nitrogens with zero attached hydrogens (tertiary/aromatic N) is 1. The first kappa shape index (κ1) is 10.8. The zero-order valence-electron chi connectivity index (χ0n) is 8.37. The molecule has 14 heavy (non-hydrogen) atoms. The van der Waals surface area contributed by atoms with Gasteiger partial charge < -0.3 is 10.8 Å². The van der Waals surface area contributed by atoms with Gasteiger partial charge in [-0.1, -0.05) is 30.9 Å². The van der Waals surface area contributed by atoms with Gasteiger partial charge in [0.15, 0.2) is 0 Å². The van der Waals surface area contributed by atoms with Crippen LogP contribution in [0.15, 0.2) is 23.6 Å². The summed E-state index contributed by atoms with van der Waals surface area (Å²) < 4.78 is 0. The number of aromatic nitrogens is 1. The fraction of sp³-hybridized carbons (Fsp3) is 0.600. The lowest BCUT2D eigenvalue weighted by Crippen LogP contribution is -1.98. The van der Waals surface area contributed by atoms with E-state index in [0.29, 0.717) is 0 Å². The SMILES string of the molecule is N=NN.c1c[nH]c(CC2CCCC2)c1. The van der Waals surface area contributed by atoms with Gasteiger partial charge in [0.25, 0.3) is 0 Å². The molecule has 2 rings (SSSR count). The van der Waals surface area contributed by atoms with Gasteiger partial charge in [-0.05, 0) is 24.5 Å². The van der Waals surface area contributed by atoms with Gasteiger partial charge in [0, 0.05) is 11.9 Å². The molecule has 1 fully saturated rings. The van der Waals surface area contributed by atoms with E-state index in [1.807, 2.05) is 6.20 Å². The molecule has 1 aromatic rings. The summed E-state index contributed by atoms with van der Waals surface area (Å²) in [5, 5.41) is 2.25. The van der Waals surface area contributed by atoms with Crippen LogP contribution in [0.1, 0.15) is 31.4 Å². The number of nitrogens with two attached hydrogens (primary N) is 1. The second-order valence-corrected chi connectivity index (χ2v) is 3.68. The average Bonchev–Trinajstić information content (AvgIpc) is 2.79. The third-order valence-corrected chi connectivity index (χ3v) is 2.65. The zero-order chi connectivity index (χ0) is 10.2. The molecule has 1 aliphatic carbocycles. The minimum atomic E-state index is 0.966.